The maximum Gasteiger partial charge on any atom is 0.359 e. The van der Waals surface area contributed by atoms with E-state index >= 15 is 4.39 Å². The summed E-state index contributed by atoms with van der Waals surface area (Å²) in [6.45, 7) is 0.109. The molecule has 1 aliphatic carbocycles. The highest BCUT2D eigenvalue weighted by Crippen LogP contribution is 2.39. The first kappa shape index (κ1) is 32.4. The first-order valence-corrected chi connectivity index (χ1v) is 14.6. The number of nitrogens with zero attached hydrogens (tertiary/aromatic N) is 4. The third-order valence-corrected chi connectivity index (χ3v) is 6.79. The van der Waals surface area contributed by atoms with Crippen molar-refractivity contribution in [3.05, 3.63) is 39.1 Å². The number of nitrogens with one attached hydrogen (secondary N) is 2. The molecule has 2 aromatic rings. The largest absolute Gasteiger partial charge is 0.399 e. The van der Waals surface area contributed by atoms with Gasteiger partial charge in [-0.05, 0) is 18.9 Å². The van der Waals surface area contributed by atoms with Crippen molar-refractivity contribution in [1.29, 1.82) is 10.8 Å². The molecule has 2 unspecified atom stereocenters. The molecule has 1 aliphatic rings. The lowest BCUT2D eigenvalue weighted by atomic mass is 9.96. The third-order valence-electron chi connectivity index (χ3n) is 6.34. The molecule has 0 bridgehead atoms. The van der Waals surface area contributed by atoms with Gasteiger partial charge in [-0.15, -0.1) is 0 Å². The van der Waals surface area contributed by atoms with Gasteiger partial charge in [0, 0.05) is 56.2 Å². The average Bonchev–Trinajstić information content (AvgIpc) is 3.77. The van der Waals surface area contributed by atoms with Crippen molar-refractivity contribution in [3.8, 4) is 0 Å². The molecule has 0 spiro atoms. The number of pyridine rings is 2. The van der Waals surface area contributed by atoms with Crippen LogP contribution in [0.25, 0.3) is 11.0 Å². The van der Waals surface area contributed by atoms with Gasteiger partial charge >= 0.3 is 16.1 Å². The standard InChI is InChI=1S/C25H33FN8O7S/c1-39-31-11-13(9-27)6-18(29)21-17(26)8-16-23(35)20(25(36)41-42(3,37)38)22(34(15-4-5-15)24(16)33-21)19(30)7-14(10-28)12-32-40-2/h8,11-15,29-30H,4-7,9-10,27-28H2,1-3H3. The van der Waals surface area contributed by atoms with Crippen LogP contribution in [-0.4, -0.2) is 81.4 Å². The van der Waals surface area contributed by atoms with E-state index in [0.29, 0.717) is 19.1 Å². The molecule has 0 aromatic carbocycles. The Morgan fingerprint density at radius 1 is 1.14 bits per heavy atom. The molecule has 228 valence electrons. The molecule has 1 saturated carbocycles. The minimum absolute atomic E-state index is 0.0268. The molecule has 2 heterocycles. The molecule has 0 radical (unpaired) electrons. The fraction of sp³-hybridized carbons (Fsp3) is 0.480. The number of carbonyl (C=O) groups is 1. The van der Waals surface area contributed by atoms with Crippen molar-refractivity contribution in [3.63, 3.8) is 0 Å². The van der Waals surface area contributed by atoms with Crippen LogP contribution in [0.4, 0.5) is 4.39 Å². The highest BCUT2D eigenvalue weighted by molar-refractivity contribution is 7.86. The molecule has 0 amide bonds. The molecule has 2 atom stereocenters. The van der Waals surface area contributed by atoms with Crippen molar-refractivity contribution >= 4 is 51.0 Å². The molecule has 6 N–H and O–H groups in total. The lowest BCUT2D eigenvalue weighted by molar-refractivity contribution is 0.0746. The number of hydrogen-bond donors (Lipinski definition) is 4. The smallest absolute Gasteiger partial charge is 0.359 e. The van der Waals surface area contributed by atoms with Gasteiger partial charge in [-0.25, -0.2) is 14.2 Å². The molecule has 2 aromatic heterocycles. The molecule has 1 fully saturated rings. The van der Waals surface area contributed by atoms with Crippen molar-refractivity contribution < 1.29 is 31.5 Å². The van der Waals surface area contributed by atoms with E-state index in [1.165, 1.54) is 31.2 Å². The van der Waals surface area contributed by atoms with Crippen LogP contribution in [0.1, 0.15) is 53.5 Å². The molecule has 15 nitrogen and oxygen atoms in total. The Bertz CT molecular complexity index is 1600. The highest BCUT2D eigenvalue weighted by atomic mass is 32.2. The lowest BCUT2D eigenvalue weighted by Crippen LogP contribution is -2.31. The summed E-state index contributed by atoms with van der Waals surface area (Å²) in [4.78, 5) is 40.5. The topological polar surface area (TPSA) is 238 Å². The zero-order valence-electron chi connectivity index (χ0n) is 23.3. The Morgan fingerprint density at radius 2 is 1.69 bits per heavy atom. The van der Waals surface area contributed by atoms with E-state index < -0.39 is 44.7 Å². The van der Waals surface area contributed by atoms with Crippen LogP contribution in [0.2, 0.25) is 0 Å². The Kier molecular flexibility index (Phi) is 10.6. The van der Waals surface area contributed by atoms with E-state index in [1.54, 1.807) is 0 Å². The van der Waals surface area contributed by atoms with E-state index in [9.17, 15) is 18.0 Å². The van der Waals surface area contributed by atoms with Crippen molar-refractivity contribution in [2.45, 2.75) is 31.7 Å². The first-order chi connectivity index (χ1) is 19.9. The molecule has 0 aliphatic heterocycles. The Hall–Kier alpha value is -4.09. The molecule has 17 heteroatoms. The second-order valence-corrected chi connectivity index (χ2v) is 11.2. The molecular formula is C25H33FN8O7S. The molecule has 42 heavy (non-hydrogen) atoms. The van der Waals surface area contributed by atoms with Gasteiger partial charge in [0.05, 0.1) is 28.8 Å². The number of carbonyl (C=O) groups excluding carboxylic acids is 1. The minimum atomic E-state index is -4.36. The summed E-state index contributed by atoms with van der Waals surface area (Å²) < 4.78 is 45.0. The van der Waals surface area contributed by atoms with E-state index in [2.05, 4.69) is 29.2 Å². The number of oxime groups is 2. The summed E-state index contributed by atoms with van der Waals surface area (Å²) in [6, 6.07) is 0.481. The number of rotatable bonds is 15. The number of nitrogens with two attached hydrogens (primary N) is 2. The van der Waals surface area contributed by atoms with Gasteiger partial charge in [-0.3, -0.25) is 4.79 Å². The highest BCUT2D eigenvalue weighted by Gasteiger charge is 2.36. The maximum absolute atomic E-state index is 15.4. The van der Waals surface area contributed by atoms with Gasteiger partial charge in [-0.2, -0.15) is 8.42 Å². The zero-order chi connectivity index (χ0) is 31.2. The first-order valence-electron chi connectivity index (χ1n) is 12.8. The van der Waals surface area contributed by atoms with Gasteiger partial charge < -0.3 is 40.7 Å². The Morgan fingerprint density at radius 3 is 2.17 bits per heavy atom. The van der Waals surface area contributed by atoms with Gasteiger partial charge in [0.1, 0.15) is 31.1 Å². The Labute approximate surface area is 240 Å². The monoisotopic (exact) mass is 608 g/mol. The van der Waals surface area contributed by atoms with Crippen molar-refractivity contribution in [1.82, 2.24) is 9.55 Å². The minimum Gasteiger partial charge on any atom is -0.399 e. The fourth-order valence-corrected chi connectivity index (χ4v) is 4.63. The number of aromatic nitrogens is 2. The predicted octanol–water partition coefficient (Wildman–Crippen LogP) is 0.917. The summed E-state index contributed by atoms with van der Waals surface area (Å²) in [5.74, 6) is -3.56. The van der Waals surface area contributed by atoms with Crippen LogP contribution in [-0.2, 0) is 24.0 Å². The summed E-state index contributed by atoms with van der Waals surface area (Å²) in [6.07, 6.45) is 4.33. The Balaban J connectivity index is 2.31. The maximum atomic E-state index is 15.4. The molecular weight excluding hydrogens is 575 g/mol. The van der Waals surface area contributed by atoms with Gasteiger partial charge in [0.25, 0.3) is 0 Å². The number of fused-ring (bicyclic) bond motifs is 1. The quantitative estimate of drug-likeness (QED) is 0.127. The van der Waals surface area contributed by atoms with E-state index in [0.717, 1.165) is 6.07 Å². The van der Waals surface area contributed by atoms with E-state index in [1.807, 2.05) is 0 Å². The van der Waals surface area contributed by atoms with Crippen LogP contribution >= 0.6 is 0 Å². The number of halogens is 1. The van der Waals surface area contributed by atoms with Crippen LogP contribution in [0, 0.1) is 28.5 Å². The summed E-state index contributed by atoms with van der Waals surface area (Å²) in [5.41, 5.74) is 8.54. The second kappa shape index (κ2) is 13.7. The summed E-state index contributed by atoms with van der Waals surface area (Å²) >= 11 is 0. The van der Waals surface area contributed by atoms with Gasteiger partial charge in [-0.1, -0.05) is 10.3 Å². The normalized spacial score (nSPS) is 15.2. The van der Waals surface area contributed by atoms with E-state index in [-0.39, 0.29) is 65.8 Å². The van der Waals surface area contributed by atoms with Gasteiger partial charge in [0.15, 0.2) is 5.82 Å². The van der Waals surface area contributed by atoms with Crippen molar-refractivity contribution in [2.75, 3.05) is 33.6 Å². The fourth-order valence-electron chi connectivity index (χ4n) is 4.27. The lowest BCUT2D eigenvalue weighted by Gasteiger charge is -2.21. The second-order valence-electron chi connectivity index (χ2n) is 9.65. The SMILES string of the molecule is CON=CC(CN)CC(=N)c1nc2c(cc1F)c(=O)c(C(=O)OS(C)(=O)=O)c(C(=N)CC(C=NOC)CN)n2C1CC1. The summed E-state index contributed by atoms with van der Waals surface area (Å²) in [5, 5.41) is 24.4. The molecule has 0 saturated heterocycles. The van der Waals surface area contributed by atoms with Gasteiger partial charge in [0.2, 0.25) is 5.43 Å². The zero-order valence-corrected chi connectivity index (χ0v) is 24.1. The van der Waals surface area contributed by atoms with Crippen LogP contribution in [0.15, 0.2) is 21.2 Å². The number of hydrogen-bond acceptors (Lipinski definition) is 14. The van der Waals surface area contributed by atoms with Crippen LogP contribution in [0.5, 0.6) is 0 Å². The summed E-state index contributed by atoms with van der Waals surface area (Å²) in [7, 11) is -1.70. The van der Waals surface area contributed by atoms with E-state index in [4.69, 9.17) is 22.3 Å². The average molecular weight is 609 g/mol. The molecule has 3 rings (SSSR count). The van der Waals surface area contributed by atoms with Crippen molar-refractivity contribution in [2.24, 2.45) is 33.6 Å². The third kappa shape index (κ3) is 7.59. The van der Waals surface area contributed by atoms with Crippen LogP contribution in [0.3, 0.4) is 0 Å². The van der Waals surface area contributed by atoms with Crippen LogP contribution < -0.4 is 16.9 Å². The predicted molar refractivity (Wildman–Crippen MR) is 153 cm³/mol.